The molecule has 0 aliphatic rings. The fraction of sp³-hybridized carbons (Fsp3) is 1.00. The summed E-state index contributed by atoms with van der Waals surface area (Å²) in [6.07, 6.45) is -0.171. The van der Waals surface area contributed by atoms with Crippen LogP contribution in [0.2, 0.25) is 0 Å². The molecule has 0 spiro atoms. The van der Waals surface area contributed by atoms with Gasteiger partial charge in [0.2, 0.25) is 0 Å². The van der Waals surface area contributed by atoms with E-state index >= 15 is 0 Å². The second-order valence-corrected chi connectivity index (χ2v) is 3.15. The molecular formula is C9H20O4. The first-order valence-electron chi connectivity index (χ1n) is 4.66. The zero-order valence-electron chi connectivity index (χ0n) is 8.56. The molecule has 0 aliphatic carbocycles. The smallest absolute Gasteiger partial charge is 0.181 e. The largest absolute Gasteiger partial charge is 0.394 e. The quantitative estimate of drug-likeness (QED) is 0.577. The minimum atomic E-state index is -0.628. The molecule has 13 heavy (non-hydrogen) atoms. The van der Waals surface area contributed by atoms with Crippen LogP contribution in [0.3, 0.4) is 0 Å². The molecule has 4 heteroatoms. The second-order valence-electron chi connectivity index (χ2n) is 3.15. The molecule has 0 aromatic carbocycles. The van der Waals surface area contributed by atoms with Gasteiger partial charge in [-0.3, -0.25) is 0 Å². The average molecular weight is 192 g/mol. The van der Waals surface area contributed by atoms with Crippen molar-refractivity contribution in [1.29, 1.82) is 0 Å². The van der Waals surface area contributed by atoms with Gasteiger partial charge in [-0.25, -0.2) is 0 Å². The highest BCUT2D eigenvalue weighted by Crippen LogP contribution is 2.05. The summed E-state index contributed by atoms with van der Waals surface area (Å²) in [4.78, 5) is 0. The van der Waals surface area contributed by atoms with Crippen molar-refractivity contribution in [3.8, 4) is 0 Å². The highest BCUT2D eigenvalue weighted by molar-refractivity contribution is 4.54. The Morgan fingerprint density at radius 1 is 1.08 bits per heavy atom. The standard InChI is InChI=1S/C9H20O4/c1-4-8(5-10)13-9(6-11)12-7(2)3/h7-11H,4-6H2,1-3H3. The number of aliphatic hydroxyl groups is 2. The normalized spacial score (nSPS) is 16.2. The summed E-state index contributed by atoms with van der Waals surface area (Å²) in [5.74, 6) is 0. The fourth-order valence-electron chi connectivity index (χ4n) is 0.905. The Hall–Kier alpha value is -0.160. The Balaban J connectivity index is 3.80. The van der Waals surface area contributed by atoms with Crippen molar-refractivity contribution >= 4 is 0 Å². The first-order valence-corrected chi connectivity index (χ1v) is 4.66. The summed E-state index contributed by atoms with van der Waals surface area (Å²) in [7, 11) is 0. The van der Waals surface area contributed by atoms with Gasteiger partial charge < -0.3 is 19.7 Å². The Bertz CT molecular complexity index is 112. The molecule has 4 nitrogen and oxygen atoms in total. The van der Waals surface area contributed by atoms with E-state index in [0.29, 0.717) is 6.42 Å². The van der Waals surface area contributed by atoms with Crippen molar-refractivity contribution in [2.75, 3.05) is 13.2 Å². The molecule has 0 rings (SSSR count). The van der Waals surface area contributed by atoms with Gasteiger partial charge in [-0.15, -0.1) is 0 Å². The van der Waals surface area contributed by atoms with Crippen molar-refractivity contribution < 1.29 is 19.7 Å². The summed E-state index contributed by atoms with van der Waals surface area (Å²) < 4.78 is 10.5. The molecule has 0 aromatic rings. The third-order valence-electron chi connectivity index (χ3n) is 1.58. The highest BCUT2D eigenvalue weighted by Gasteiger charge is 2.15. The number of ether oxygens (including phenoxy) is 2. The van der Waals surface area contributed by atoms with Crippen LogP contribution < -0.4 is 0 Å². The molecule has 0 saturated heterocycles. The Morgan fingerprint density at radius 2 is 1.69 bits per heavy atom. The minimum Gasteiger partial charge on any atom is -0.394 e. The molecule has 80 valence electrons. The number of rotatable bonds is 7. The van der Waals surface area contributed by atoms with Crippen LogP contribution in [0.5, 0.6) is 0 Å². The van der Waals surface area contributed by atoms with Crippen LogP contribution in [0, 0.1) is 0 Å². The fourth-order valence-corrected chi connectivity index (χ4v) is 0.905. The van der Waals surface area contributed by atoms with E-state index in [1.165, 1.54) is 0 Å². The molecule has 0 saturated carbocycles. The van der Waals surface area contributed by atoms with E-state index in [0.717, 1.165) is 0 Å². The zero-order chi connectivity index (χ0) is 10.3. The van der Waals surface area contributed by atoms with Crippen molar-refractivity contribution in [2.45, 2.75) is 45.7 Å². The van der Waals surface area contributed by atoms with Crippen LogP contribution in [0.4, 0.5) is 0 Å². The molecule has 2 unspecified atom stereocenters. The number of hydrogen-bond donors (Lipinski definition) is 2. The lowest BCUT2D eigenvalue weighted by molar-refractivity contribution is -0.209. The maximum absolute atomic E-state index is 8.88. The van der Waals surface area contributed by atoms with Gasteiger partial charge in [0.25, 0.3) is 0 Å². The number of hydrogen-bond acceptors (Lipinski definition) is 4. The van der Waals surface area contributed by atoms with E-state index in [-0.39, 0.29) is 25.4 Å². The van der Waals surface area contributed by atoms with Gasteiger partial charge >= 0.3 is 0 Å². The molecule has 0 heterocycles. The summed E-state index contributed by atoms with van der Waals surface area (Å²) in [5, 5.41) is 17.7. The summed E-state index contributed by atoms with van der Waals surface area (Å²) in [6, 6.07) is 0. The lowest BCUT2D eigenvalue weighted by Crippen LogP contribution is -2.31. The van der Waals surface area contributed by atoms with Crippen molar-refractivity contribution in [1.82, 2.24) is 0 Å². The van der Waals surface area contributed by atoms with Gasteiger partial charge in [-0.2, -0.15) is 0 Å². The minimum absolute atomic E-state index is 0.00773. The van der Waals surface area contributed by atoms with Crippen LogP contribution in [-0.4, -0.2) is 41.9 Å². The molecule has 2 N–H and O–H groups in total. The molecular weight excluding hydrogens is 172 g/mol. The molecule has 2 atom stereocenters. The van der Waals surface area contributed by atoms with Crippen molar-refractivity contribution in [3.63, 3.8) is 0 Å². The monoisotopic (exact) mass is 192 g/mol. The number of aliphatic hydroxyl groups excluding tert-OH is 2. The third kappa shape index (κ3) is 5.99. The van der Waals surface area contributed by atoms with Crippen molar-refractivity contribution in [3.05, 3.63) is 0 Å². The maximum atomic E-state index is 8.88. The predicted octanol–water partition coefficient (Wildman–Crippen LogP) is 0.517. The van der Waals surface area contributed by atoms with E-state index in [1.54, 1.807) is 0 Å². The van der Waals surface area contributed by atoms with E-state index < -0.39 is 6.29 Å². The summed E-state index contributed by atoms with van der Waals surface area (Å²) >= 11 is 0. The van der Waals surface area contributed by atoms with Gasteiger partial charge in [0, 0.05) is 0 Å². The molecule has 0 radical (unpaired) electrons. The van der Waals surface area contributed by atoms with E-state index in [4.69, 9.17) is 19.7 Å². The van der Waals surface area contributed by atoms with Crippen LogP contribution >= 0.6 is 0 Å². The lowest BCUT2D eigenvalue weighted by atomic mass is 10.3. The SMILES string of the molecule is CCC(CO)OC(CO)OC(C)C. The van der Waals surface area contributed by atoms with Gasteiger partial charge in [0.1, 0.15) is 0 Å². The van der Waals surface area contributed by atoms with E-state index in [9.17, 15) is 0 Å². The van der Waals surface area contributed by atoms with Gasteiger partial charge in [0.05, 0.1) is 25.4 Å². The topological polar surface area (TPSA) is 58.9 Å². The Kier molecular flexibility index (Phi) is 7.17. The first-order chi connectivity index (χ1) is 6.13. The highest BCUT2D eigenvalue weighted by atomic mass is 16.7. The van der Waals surface area contributed by atoms with Crippen LogP contribution in [0.1, 0.15) is 27.2 Å². The van der Waals surface area contributed by atoms with E-state index in [2.05, 4.69) is 0 Å². The zero-order valence-corrected chi connectivity index (χ0v) is 8.56. The van der Waals surface area contributed by atoms with Gasteiger partial charge in [-0.1, -0.05) is 6.92 Å². The predicted molar refractivity (Wildman–Crippen MR) is 49.3 cm³/mol. The molecule has 0 bridgehead atoms. The first kappa shape index (κ1) is 12.8. The average Bonchev–Trinajstić information content (AvgIpc) is 2.11. The van der Waals surface area contributed by atoms with Crippen LogP contribution in [-0.2, 0) is 9.47 Å². The summed E-state index contributed by atoms with van der Waals surface area (Å²) in [6.45, 7) is 5.41. The van der Waals surface area contributed by atoms with Crippen molar-refractivity contribution in [2.24, 2.45) is 0 Å². The van der Waals surface area contributed by atoms with Crippen LogP contribution in [0.15, 0.2) is 0 Å². The molecule has 0 fully saturated rings. The molecule has 0 amide bonds. The van der Waals surface area contributed by atoms with Gasteiger partial charge in [0.15, 0.2) is 6.29 Å². The van der Waals surface area contributed by atoms with Gasteiger partial charge in [-0.05, 0) is 20.3 Å². The lowest BCUT2D eigenvalue weighted by Gasteiger charge is -2.23. The van der Waals surface area contributed by atoms with E-state index in [1.807, 2.05) is 20.8 Å². The Labute approximate surface area is 79.5 Å². The Morgan fingerprint density at radius 3 is 2.00 bits per heavy atom. The second kappa shape index (κ2) is 7.26. The maximum Gasteiger partial charge on any atom is 0.181 e. The third-order valence-corrected chi connectivity index (χ3v) is 1.58. The molecule has 0 aliphatic heterocycles. The van der Waals surface area contributed by atoms with Crippen LogP contribution in [0.25, 0.3) is 0 Å². The summed E-state index contributed by atoms with van der Waals surface area (Å²) in [5.41, 5.74) is 0. The molecule has 0 aromatic heterocycles.